The molecule has 14 N–H and O–H groups in total. The Morgan fingerprint density at radius 1 is 0.892 bits per heavy atom. The number of allylic oxidation sites excluding steroid dienone is 1. The van der Waals surface area contributed by atoms with E-state index in [-0.39, 0.29) is 43.0 Å². The molecule has 2 unspecified atom stereocenters. The van der Waals surface area contributed by atoms with Crippen molar-refractivity contribution in [2.24, 2.45) is 23.3 Å². The number of primary amides is 2. The van der Waals surface area contributed by atoms with Crippen molar-refractivity contribution in [3.63, 3.8) is 0 Å². The molecule has 1 aromatic carbocycles. The number of urea groups is 1. The Labute approximate surface area is 425 Å². The molecule has 2 aliphatic heterocycles. The molecule has 0 bridgehead atoms. The number of carbonyl (C=O) groups excluding carboxylic acids is 11. The predicted octanol–water partition coefficient (Wildman–Crippen LogP) is -4.82. The van der Waals surface area contributed by atoms with Gasteiger partial charge in [-0.25, -0.2) is 8.98 Å². The minimum Gasteiger partial charge on any atom is -0.508 e. The number of imide groups is 1. The van der Waals surface area contributed by atoms with Crippen LogP contribution in [0, 0.1) is 11.8 Å². The van der Waals surface area contributed by atoms with Gasteiger partial charge in [0, 0.05) is 27.1 Å². The van der Waals surface area contributed by atoms with Gasteiger partial charge in [-0.05, 0) is 56.6 Å². The van der Waals surface area contributed by atoms with Crippen LogP contribution in [0.15, 0.2) is 36.0 Å². The van der Waals surface area contributed by atoms with Crippen molar-refractivity contribution in [1.29, 1.82) is 0 Å². The highest BCUT2D eigenvalue weighted by Crippen LogP contribution is 2.26. The Bertz CT molecular complexity index is 2460. The number of hydrogen-bond acceptors (Lipinski definition) is 17. The molecule has 410 valence electrons. The van der Waals surface area contributed by atoms with Crippen LogP contribution in [-0.2, 0) is 73.7 Å². The van der Waals surface area contributed by atoms with Crippen LogP contribution in [0.5, 0.6) is 5.75 Å². The van der Waals surface area contributed by atoms with E-state index in [4.69, 9.17) is 16.2 Å². The van der Waals surface area contributed by atoms with Crippen molar-refractivity contribution in [2.45, 2.75) is 121 Å². The third-order valence-corrected chi connectivity index (χ3v) is 12.2. The third kappa shape index (κ3) is 17.7. The number of carbonyl (C=O) groups is 11. The SMILES string of the molecule is C/C=C1\NC(=O)[C@H](O)C(CCC(C)C)NC(=O)[C@H](CC(N)=O)NC(=O)[C@@H](Cc2ccccc2O)NC(=O)[C@@H]2C[C@H](C)CN2C(=O)[C@H]([C@@H](C)OC)NC(=O)C([C@H](OS(=O)(=O)O)C(=O)NC(N)=O)NC(=O)CN(C)C1=O. The Morgan fingerprint density at radius 2 is 1.51 bits per heavy atom. The number of fused-ring (bicyclic) bond motifs is 1. The van der Waals surface area contributed by atoms with E-state index in [0.29, 0.717) is 4.90 Å². The number of nitrogens with zero attached hydrogens (tertiary/aromatic N) is 2. The van der Waals surface area contributed by atoms with E-state index in [0.717, 1.165) is 25.1 Å². The number of nitrogens with two attached hydrogens (primary N) is 2. The number of para-hydroxylation sites is 1. The van der Waals surface area contributed by atoms with Gasteiger partial charge in [-0.1, -0.05) is 45.0 Å². The average molecular weight is 1070 g/mol. The summed E-state index contributed by atoms with van der Waals surface area (Å²) in [6, 6.07) is -6.95. The number of rotatable bonds is 13. The van der Waals surface area contributed by atoms with Gasteiger partial charge in [0.1, 0.15) is 41.7 Å². The van der Waals surface area contributed by atoms with Crippen LogP contribution in [0.4, 0.5) is 4.79 Å². The van der Waals surface area contributed by atoms with Crippen LogP contribution in [-0.4, -0.2) is 180 Å². The van der Waals surface area contributed by atoms with E-state index in [1.54, 1.807) is 20.8 Å². The average Bonchev–Trinajstić information content (AvgIpc) is 3.71. The molecule has 12 amide bonds. The topological polar surface area (TPSA) is 444 Å². The Balaban J connectivity index is 2.31. The van der Waals surface area contributed by atoms with Crippen molar-refractivity contribution >= 4 is 75.5 Å². The van der Waals surface area contributed by atoms with Gasteiger partial charge in [-0.3, -0.25) is 57.8 Å². The molecule has 10 atom stereocenters. The molecule has 0 aliphatic carbocycles. The first-order valence-corrected chi connectivity index (χ1v) is 24.4. The van der Waals surface area contributed by atoms with Crippen molar-refractivity contribution < 1.29 is 84.8 Å². The van der Waals surface area contributed by atoms with Crippen LogP contribution < -0.4 is 48.7 Å². The second-order valence-corrected chi connectivity index (χ2v) is 19.2. The lowest BCUT2D eigenvalue weighted by Crippen LogP contribution is -2.65. The van der Waals surface area contributed by atoms with Crippen molar-refractivity contribution in [2.75, 3.05) is 27.2 Å². The Kier molecular flexibility index (Phi) is 22.4. The summed E-state index contributed by atoms with van der Waals surface area (Å²) in [5.41, 5.74) is 10.1. The van der Waals surface area contributed by atoms with Crippen LogP contribution in [0.2, 0.25) is 0 Å². The first-order valence-electron chi connectivity index (χ1n) is 23.0. The molecule has 2 saturated heterocycles. The van der Waals surface area contributed by atoms with Gasteiger partial charge in [0.25, 0.3) is 17.7 Å². The fourth-order valence-corrected chi connectivity index (χ4v) is 8.31. The van der Waals surface area contributed by atoms with Crippen molar-refractivity contribution in [1.82, 2.24) is 47.0 Å². The number of methoxy groups -OCH3 is 1. The molecular formula is C44H65N11O18S. The summed E-state index contributed by atoms with van der Waals surface area (Å²) in [4.78, 5) is 152. The number of aromatic hydroxyl groups is 1. The van der Waals surface area contributed by atoms with E-state index in [1.165, 1.54) is 43.4 Å². The summed E-state index contributed by atoms with van der Waals surface area (Å²) in [6.45, 7) is 6.49. The second kappa shape index (κ2) is 27.1. The van der Waals surface area contributed by atoms with E-state index >= 15 is 0 Å². The molecule has 29 nitrogen and oxygen atoms in total. The van der Waals surface area contributed by atoms with Gasteiger partial charge < -0.3 is 68.1 Å². The highest BCUT2D eigenvalue weighted by atomic mass is 32.3. The van der Waals surface area contributed by atoms with E-state index in [2.05, 4.69) is 30.8 Å². The van der Waals surface area contributed by atoms with Gasteiger partial charge in [0.15, 0.2) is 12.2 Å². The molecule has 2 fully saturated rings. The molecule has 3 rings (SSSR count). The van der Waals surface area contributed by atoms with Crippen molar-refractivity contribution in [3.05, 3.63) is 41.6 Å². The summed E-state index contributed by atoms with van der Waals surface area (Å²) in [6.07, 6.45) is -6.59. The van der Waals surface area contributed by atoms with Crippen molar-refractivity contribution in [3.8, 4) is 5.75 Å². The number of aliphatic hydroxyl groups is 1. The molecule has 74 heavy (non-hydrogen) atoms. The lowest BCUT2D eigenvalue weighted by atomic mass is 9.98. The zero-order chi connectivity index (χ0) is 55.9. The molecule has 0 aromatic heterocycles. The number of nitrogens with one attached hydrogen (secondary N) is 7. The molecule has 30 heteroatoms. The quantitative estimate of drug-likeness (QED) is 0.0651. The second-order valence-electron chi connectivity index (χ2n) is 18.1. The molecule has 0 spiro atoms. The first kappa shape index (κ1) is 61.0. The van der Waals surface area contributed by atoms with Gasteiger partial charge >= 0.3 is 16.4 Å². The summed E-state index contributed by atoms with van der Waals surface area (Å²) >= 11 is 0. The molecule has 2 heterocycles. The zero-order valence-electron chi connectivity index (χ0n) is 41.6. The highest BCUT2D eigenvalue weighted by molar-refractivity contribution is 7.80. The van der Waals surface area contributed by atoms with Gasteiger partial charge in [-0.15, -0.1) is 0 Å². The van der Waals surface area contributed by atoms with Gasteiger partial charge in [0.05, 0.1) is 25.1 Å². The Hall–Kier alpha value is -7.28. The largest absolute Gasteiger partial charge is 0.508 e. The van der Waals surface area contributed by atoms with Crippen LogP contribution in [0.3, 0.4) is 0 Å². The molecule has 1 aromatic rings. The number of likely N-dealkylation sites (N-methyl/N-ethyl adjacent to an activating group) is 1. The highest BCUT2D eigenvalue weighted by Gasteiger charge is 2.46. The van der Waals surface area contributed by atoms with E-state index < -0.39 is 161 Å². The Morgan fingerprint density at radius 3 is 2.08 bits per heavy atom. The smallest absolute Gasteiger partial charge is 0.398 e. The lowest BCUT2D eigenvalue weighted by Gasteiger charge is -2.33. The fourth-order valence-electron chi connectivity index (χ4n) is 7.85. The number of phenols is 1. The number of aliphatic hydroxyl groups excluding tert-OH is 1. The molecule has 2 aliphatic rings. The number of benzene rings is 1. The molecule has 0 saturated carbocycles. The summed E-state index contributed by atoms with van der Waals surface area (Å²) in [7, 11) is -3.65. The number of ether oxygens (including phenoxy) is 1. The number of hydrogen-bond donors (Lipinski definition) is 12. The third-order valence-electron chi connectivity index (χ3n) is 11.8. The lowest BCUT2D eigenvalue weighted by molar-refractivity contribution is -0.146. The van der Waals surface area contributed by atoms with Gasteiger partial charge in [-0.2, -0.15) is 8.42 Å². The molecular weight excluding hydrogens is 1000 g/mol. The monoisotopic (exact) mass is 1070 g/mol. The normalized spacial score (nSPS) is 26.0. The maximum Gasteiger partial charge on any atom is 0.398 e. The van der Waals surface area contributed by atoms with Gasteiger partial charge in [0.2, 0.25) is 41.4 Å². The maximum absolute atomic E-state index is 14.7. The van der Waals surface area contributed by atoms with Crippen LogP contribution >= 0.6 is 0 Å². The summed E-state index contributed by atoms with van der Waals surface area (Å²) < 4.78 is 43.7. The number of phenolic OH excluding ortho intramolecular Hbond substituents is 1. The summed E-state index contributed by atoms with van der Waals surface area (Å²) in [5.74, 6) is -13.5. The predicted molar refractivity (Wildman–Crippen MR) is 255 cm³/mol. The van der Waals surface area contributed by atoms with Crippen LogP contribution in [0.25, 0.3) is 0 Å². The van der Waals surface area contributed by atoms with E-state index in [9.17, 15) is 75.9 Å². The van der Waals surface area contributed by atoms with E-state index in [1.807, 2.05) is 5.32 Å². The van der Waals surface area contributed by atoms with Crippen LogP contribution in [0.1, 0.15) is 65.9 Å². The zero-order valence-corrected chi connectivity index (χ0v) is 42.4. The number of amides is 12. The molecule has 0 radical (unpaired) electrons. The standard InChI is InChI=1S/C44H65N11O18S/c1-8-24-42(66)54(6)19-31(58)51-33(35(73-74(69,70)71)41(65)53-44(46)68)39(63)52-32(22(5)72-7)43(67)55-18-21(4)15-28(55)38(62)50-26(16-23-11-9-10-12-29(23)56)36(60)49-27(17-30(45)57)37(61)48-25(14-13-20(2)3)34(59)40(64)47-24/h8-12,20-22,25-28,32-35,56,59H,13-19H2,1-7H3,(H2,45,57)(H,47,64)(H,48,61)(H,49,60)(H,50,62)(H,51,58)(H,52,63)(H,69,70,71)(H3,46,53,65,68)/b24-8-/t21-,22+,25?,26+,27-,28-,32-,33?,34+,35-/m0/s1. The minimum absolute atomic E-state index is 0.0805. The maximum atomic E-state index is 14.7. The minimum atomic E-state index is -5.76. The summed E-state index contributed by atoms with van der Waals surface area (Å²) in [5, 5.41) is 37.4. The first-order chi connectivity index (χ1) is 34.5. The fraction of sp³-hybridized carbons (Fsp3) is 0.568.